The zero-order chi connectivity index (χ0) is 16.1. The monoisotopic (exact) mass is 303 g/mol. The highest BCUT2D eigenvalue weighted by atomic mass is 16.5. The van der Waals surface area contributed by atoms with Gasteiger partial charge >= 0.3 is 0 Å². The third-order valence-electron chi connectivity index (χ3n) is 3.58. The molecule has 0 spiro atoms. The van der Waals surface area contributed by atoms with Crippen molar-refractivity contribution in [3.8, 4) is 0 Å². The third-order valence-corrected chi connectivity index (χ3v) is 3.58. The van der Waals surface area contributed by atoms with Crippen LogP contribution in [0.2, 0.25) is 0 Å². The van der Waals surface area contributed by atoms with E-state index in [1.165, 1.54) is 0 Å². The SMILES string of the molecule is COCCC(=O)NCCC(C)N1CCN(C)CC1.O=CO. The number of carboxylic acid groups (broad SMARTS) is 1. The summed E-state index contributed by atoms with van der Waals surface area (Å²) in [6.45, 7) is 7.81. The van der Waals surface area contributed by atoms with Crippen molar-refractivity contribution in [1.82, 2.24) is 15.1 Å². The summed E-state index contributed by atoms with van der Waals surface area (Å²) in [5, 5.41) is 9.83. The minimum absolute atomic E-state index is 0.0856. The van der Waals surface area contributed by atoms with Crippen molar-refractivity contribution in [2.24, 2.45) is 0 Å². The zero-order valence-corrected chi connectivity index (χ0v) is 13.4. The van der Waals surface area contributed by atoms with Crippen LogP contribution in [0.1, 0.15) is 19.8 Å². The molecule has 0 aromatic rings. The van der Waals surface area contributed by atoms with E-state index in [1.807, 2.05) is 0 Å². The van der Waals surface area contributed by atoms with Gasteiger partial charge in [0.05, 0.1) is 6.61 Å². The lowest BCUT2D eigenvalue weighted by molar-refractivity contribution is -0.123. The first-order valence-corrected chi connectivity index (χ1v) is 7.31. The second kappa shape index (κ2) is 12.6. The Morgan fingerprint density at radius 1 is 1.38 bits per heavy atom. The highest BCUT2D eigenvalue weighted by Gasteiger charge is 2.18. The first-order chi connectivity index (χ1) is 10.0. The average molecular weight is 303 g/mol. The first-order valence-electron chi connectivity index (χ1n) is 7.31. The smallest absolute Gasteiger partial charge is 0.290 e. The Hall–Kier alpha value is -1.18. The number of methoxy groups -OCH3 is 1. The third kappa shape index (κ3) is 10.2. The average Bonchev–Trinajstić information content (AvgIpc) is 2.46. The predicted molar refractivity (Wildman–Crippen MR) is 81.3 cm³/mol. The Labute approximate surface area is 127 Å². The lowest BCUT2D eigenvalue weighted by atomic mass is 10.1. The summed E-state index contributed by atoms with van der Waals surface area (Å²) in [5.74, 6) is 0.0856. The van der Waals surface area contributed by atoms with Gasteiger partial charge in [0.1, 0.15) is 0 Å². The standard InChI is InChI=1S/C13H27N3O2.CH2O2/c1-12(16-9-7-15(2)8-10-16)4-6-14-13(17)5-11-18-3;2-1-3/h12H,4-11H2,1-3H3,(H,14,17);1H,(H,2,3). The van der Waals surface area contributed by atoms with Crippen LogP contribution in [0.3, 0.4) is 0 Å². The van der Waals surface area contributed by atoms with Crippen LogP contribution in [0.15, 0.2) is 0 Å². The molecule has 1 atom stereocenters. The van der Waals surface area contributed by atoms with Gasteiger partial charge in [0, 0.05) is 52.3 Å². The summed E-state index contributed by atoms with van der Waals surface area (Å²) in [6, 6.07) is 0.543. The molecular formula is C14H29N3O4. The van der Waals surface area contributed by atoms with E-state index in [4.69, 9.17) is 14.6 Å². The molecular weight excluding hydrogens is 274 g/mol. The fraction of sp³-hybridized carbons (Fsp3) is 0.857. The van der Waals surface area contributed by atoms with Gasteiger partial charge in [0.15, 0.2) is 0 Å². The van der Waals surface area contributed by atoms with Crippen LogP contribution >= 0.6 is 0 Å². The number of nitrogens with zero attached hydrogens (tertiary/aromatic N) is 2. The van der Waals surface area contributed by atoms with Crippen LogP contribution in [-0.4, -0.2) is 86.8 Å². The van der Waals surface area contributed by atoms with Gasteiger partial charge in [-0.3, -0.25) is 14.5 Å². The lowest BCUT2D eigenvalue weighted by Gasteiger charge is -2.36. The van der Waals surface area contributed by atoms with E-state index in [0.29, 0.717) is 19.1 Å². The molecule has 7 heteroatoms. The number of likely N-dealkylation sites (N-methyl/N-ethyl adjacent to an activating group) is 1. The van der Waals surface area contributed by atoms with Gasteiger partial charge < -0.3 is 20.1 Å². The van der Waals surface area contributed by atoms with Gasteiger partial charge in [-0.1, -0.05) is 0 Å². The van der Waals surface area contributed by atoms with E-state index < -0.39 is 0 Å². The molecule has 1 fully saturated rings. The molecule has 0 aromatic carbocycles. The molecule has 0 aromatic heterocycles. The maximum atomic E-state index is 11.4. The number of hydrogen-bond donors (Lipinski definition) is 2. The van der Waals surface area contributed by atoms with Crippen LogP contribution in [0.4, 0.5) is 0 Å². The van der Waals surface area contributed by atoms with Gasteiger partial charge in [0.25, 0.3) is 6.47 Å². The number of rotatable bonds is 7. The van der Waals surface area contributed by atoms with Gasteiger partial charge in [-0.25, -0.2) is 0 Å². The number of carbonyl (C=O) groups is 2. The lowest BCUT2D eigenvalue weighted by Crippen LogP contribution is -2.48. The number of piperazine rings is 1. The normalized spacial score (nSPS) is 17.5. The van der Waals surface area contributed by atoms with Crippen molar-refractivity contribution in [3.63, 3.8) is 0 Å². The Morgan fingerprint density at radius 3 is 2.48 bits per heavy atom. The topological polar surface area (TPSA) is 82.1 Å². The van der Waals surface area contributed by atoms with E-state index in [2.05, 4.69) is 29.1 Å². The molecule has 1 aliphatic rings. The van der Waals surface area contributed by atoms with Crippen molar-refractivity contribution in [1.29, 1.82) is 0 Å². The minimum atomic E-state index is -0.250. The summed E-state index contributed by atoms with van der Waals surface area (Å²) in [7, 11) is 3.78. The van der Waals surface area contributed by atoms with Gasteiger partial charge in [-0.2, -0.15) is 0 Å². The van der Waals surface area contributed by atoms with Crippen LogP contribution in [0.25, 0.3) is 0 Å². The maximum Gasteiger partial charge on any atom is 0.290 e. The second-order valence-electron chi connectivity index (χ2n) is 5.18. The molecule has 0 saturated carbocycles. The number of hydrogen-bond acceptors (Lipinski definition) is 5. The largest absolute Gasteiger partial charge is 0.483 e. The number of nitrogens with one attached hydrogen (secondary N) is 1. The molecule has 1 amide bonds. The molecule has 7 nitrogen and oxygen atoms in total. The predicted octanol–water partition coefficient (Wildman–Crippen LogP) is -0.134. The van der Waals surface area contributed by atoms with E-state index in [9.17, 15) is 4.79 Å². The summed E-state index contributed by atoms with van der Waals surface area (Å²) in [5.41, 5.74) is 0. The first kappa shape index (κ1) is 19.8. The molecule has 0 aliphatic carbocycles. The van der Waals surface area contributed by atoms with Crippen LogP contribution in [0, 0.1) is 0 Å². The number of ether oxygens (including phenoxy) is 1. The van der Waals surface area contributed by atoms with Crippen LogP contribution in [-0.2, 0) is 14.3 Å². The molecule has 21 heavy (non-hydrogen) atoms. The van der Waals surface area contributed by atoms with E-state index in [0.717, 1.165) is 39.1 Å². The summed E-state index contributed by atoms with van der Waals surface area (Å²) in [4.78, 5) is 24.6. The van der Waals surface area contributed by atoms with Crippen molar-refractivity contribution in [3.05, 3.63) is 0 Å². The summed E-state index contributed by atoms with van der Waals surface area (Å²) >= 11 is 0. The fourth-order valence-corrected chi connectivity index (χ4v) is 2.15. The molecule has 2 N–H and O–H groups in total. The van der Waals surface area contributed by atoms with Crippen molar-refractivity contribution in [2.45, 2.75) is 25.8 Å². The molecule has 1 aliphatic heterocycles. The number of carbonyl (C=O) groups excluding carboxylic acids is 1. The second-order valence-corrected chi connectivity index (χ2v) is 5.18. The fourth-order valence-electron chi connectivity index (χ4n) is 2.15. The highest BCUT2D eigenvalue weighted by molar-refractivity contribution is 5.75. The van der Waals surface area contributed by atoms with E-state index in [-0.39, 0.29) is 12.4 Å². The highest BCUT2D eigenvalue weighted by Crippen LogP contribution is 2.07. The zero-order valence-electron chi connectivity index (χ0n) is 13.4. The molecule has 1 unspecified atom stereocenters. The molecule has 0 bridgehead atoms. The Kier molecular flexibility index (Phi) is 11.8. The van der Waals surface area contributed by atoms with Crippen molar-refractivity contribution in [2.75, 3.05) is 53.5 Å². The molecule has 1 rings (SSSR count). The molecule has 0 radical (unpaired) electrons. The number of amides is 1. The van der Waals surface area contributed by atoms with Crippen molar-refractivity contribution < 1.29 is 19.4 Å². The van der Waals surface area contributed by atoms with E-state index >= 15 is 0 Å². The Balaban J connectivity index is 0.00000122. The van der Waals surface area contributed by atoms with Gasteiger partial charge in [0.2, 0.25) is 5.91 Å². The maximum absolute atomic E-state index is 11.4. The molecule has 1 heterocycles. The Morgan fingerprint density at radius 2 is 1.95 bits per heavy atom. The van der Waals surface area contributed by atoms with Gasteiger partial charge in [-0.05, 0) is 20.4 Å². The van der Waals surface area contributed by atoms with Crippen LogP contribution < -0.4 is 5.32 Å². The quantitative estimate of drug-likeness (QED) is 0.637. The summed E-state index contributed by atoms with van der Waals surface area (Å²) < 4.78 is 4.87. The van der Waals surface area contributed by atoms with E-state index in [1.54, 1.807) is 7.11 Å². The van der Waals surface area contributed by atoms with Gasteiger partial charge in [-0.15, -0.1) is 0 Å². The Bertz CT molecular complexity index is 281. The van der Waals surface area contributed by atoms with Crippen molar-refractivity contribution >= 4 is 12.4 Å². The van der Waals surface area contributed by atoms with Crippen LogP contribution in [0.5, 0.6) is 0 Å². The molecule has 124 valence electrons. The molecule has 1 saturated heterocycles. The summed E-state index contributed by atoms with van der Waals surface area (Å²) in [6.07, 6.45) is 1.47. The minimum Gasteiger partial charge on any atom is -0.483 e.